The first-order valence-corrected chi connectivity index (χ1v) is 8.97. The lowest BCUT2D eigenvalue weighted by atomic mass is 10.1. The van der Waals surface area contributed by atoms with Crippen molar-refractivity contribution >= 4 is 29.9 Å². The summed E-state index contributed by atoms with van der Waals surface area (Å²) in [5.41, 5.74) is 8.36. The Morgan fingerprint density at radius 3 is 2.42 bits per heavy atom. The van der Waals surface area contributed by atoms with Gasteiger partial charge in [-0.25, -0.2) is 4.99 Å². The summed E-state index contributed by atoms with van der Waals surface area (Å²) in [6.45, 7) is 10.4. The third kappa shape index (κ3) is 8.20. The lowest BCUT2D eigenvalue weighted by molar-refractivity contribution is -0.0704. The number of nitrogens with one attached hydrogen (secondary N) is 1. The average Bonchev–Trinajstić information content (AvgIpc) is 2.53. The Bertz CT molecular complexity index is 543. The summed E-state index contributed by atoms with van der Waals surface area (Å²) in [5.74, 6) is 0.449. The predicted molar refractivity (Wildman–Crippen MR) is 117 cm³/mol. The van der Waals surface area contributed by atoms with E-state index in [2.05, 4.69) is 53.3 Å². The molecule has 2 rings (SSSR count). The number of aliphatic imine (C=N–C) groups is 1. The molecule has 3 unspecified atom stereocenters. The molecule has 148 valence electrons. The third-order valence-corrected chi connectivity index (χ3v) is 4.17. The Labute approximate surface area is 174 Å². The number of methoxy groups -OCH3 is 1. The second kappa shape index (κ2) is 11.7. The first-order valence-electron chi connectivity index (χ1n) is 8.97. The molecule has 1 saturated heterocycles. The highest BCUT2D eigenvalue weighted by Gasteiger charge is 2.21. The Morgan fingerprint density at radius 2 is 1.85 bits per heavy atom. The molecular formula is C19H33IN4O2. The van der Waals surface area contributed by atoms with E-state index in [0.717, 1.165) is 25.2 Å². The highest BCUT2D eigenvalue weighted by Crippen LogP contribution is 2.15. The molecule has 0 aliphatic carbocycles. The van der Waals surface area contributed by atoms with Crippen molar-refractivity contribution in [1.29, 1.82) is 0 Å². The quantitative estimate of drug-likeness (QED) is 0.359. The van der Waals surface area contributed by atoms with E-state index in [4.69, 9.17) is 15.2 Å². The zero-order valence-corrected chi connectivity index (χ0v) is 18.6. The smallest absolute Gasteiger partial charge is 0.189 e. The van der Waals surface area contributed by atoms with E-state index in [1.807, 2.05) is 6.92 Å². The van der Waals surface area contributed by atoms with Crippen LogP contribution in [0.4, 0.5) is 0 Å². The fourth-order valence-corrected chi connectivity index (χ4v) is 3.19. The minimum absolute atomic E-state index is 0. The number of halogens is 1. The van der Waals surface area contributed by atoms with Gasteiger partial charge in [-0.3, -0.25) is 4.90 Å². The van der Waals surface area contributed by atoms with Crippen molar-refractivity contribution in [3.63, 3.8) is 0 Å². The molecule has 1 aromatic carbocycles. The summed E-state index contributed by atoms with van der Waals surface area (Å²) in [4.78, 5) is 6.83. The summed E-state index contributed by atoms with van der Waals surface area (Å²) in [7, 11) is 1.67. The van der Waals surface area contributed by atoms with Crippen LogP contribution in [0, 0.1) is 0 Å². The van der Waals surface area contributed by atoms with Gasteiger partial charge in [0.15, 0.2) is 5.96 Å². The lowest BCUT2D eigenvalue weighted by Crippen LogP contribution is -2.44. The largest absolute Gasteiger partial charge is 0.383 e. The molecule has 0 spiro atoms. The van der Waals surface area contributed by atoms with Crippen LogP contribution in [-0.2, 0) is 22.6 Å². The Balaban J connectivity index is 0.00000338. The molecule has 6 nitrogen and oxygen atoms in total. The normalized spacial score (nSPS) is 22.5. The van der Waals surface area contributed by atoms with Crippen LogP contribution in [0.2, 0.25) is 0 Å². The SMILES string of the molecule is COCC(C)NC(N)=NCc1ccc(CN2CC(C)OC(C)C2)cc1.I. The second-order valence-corrected chi connectivity index (χ2v) is 6.97. The highest BCUT2D eigenvalue weighted by molar-refractivity contribution is 14.0. The van der Waals surface area contributed by atoms with E-state index < -0.39 is 0 Å². The van der Waals surface area contributed by atoms with E-state index >= 15 is 0 Å². The number of guanidine groups is 1. The maximum Gasteiger partial charge on any atom is 0.189 e. The van der Waals surface area contributed by atoms with Crippen LogP contribution >= 0.6 is 24.0 Å². The lowest BCUT2D eigenvalue weighted by Gasteiger charge is -2.35. The highest BCUT2D eigenvalue weighted by atomic mass is 127. The van der Waals surface area contributed by atoms with Crippen LogP contribution in [0.25, 0.3) is 0 Å². The van der Waals surface area contributed by atoms with Gasteiger partial charge in [0.25, 0.3) is 0 Å². The van der Waals surface area contributed by atoms with Crippen LogP contribution < -0.4 is 11.1 Å². The zero-order chi connectivity index (χ0) is 18.2. The zero-order valence-electron chi connectivity index (χ0n) is 16.3. The van der Waals surface area contributed by atoms with Crippen molar-refractivity contribution in [2.24, 2.45) is 10.7 Å². The van der Waals surface area contributed by atoms with Gasteiger partial charge in [-0.15, -0.1) is 24.0 Å². The standard InChI is InChI=1S/C19H32N4O2.HI/c1-14(13-24-4)22-19(20)21-9-17-5-7-18(8-6-17)12-23-10-15(2)25-16(3)11-23;/h5-8,14-16H,9-13H2,1-4H3,(H3,20,21,22);1H. The van der Waals surface area contributed by atoms with Gasteiger partial charge in [-0.05, 0) is 31.9 Å². The van der Waals surface area contributed by atoms with Crippen molar-refractivity contribution in [3.05, 3.63) is 35.4 Å². The number of hydrogen-bond acceptors (Lipinski definition) is 4. The molecule has 1 aliphatic rings. The molecule has 3 N–H and O–H groups in total. The van der Waals surface area contributed by atoms with Crippen molar-refractivity contribution < 1.29 is 9.47 Å². The molecule has 1 aliphatic heterocycles. The molecule has 0 saturated carbocycles. The van der Waals surface area contributed by atoms with Crippen LogP contribution in [0.5, 0.6) is 0 Å². The second-order valence-electron chi connectivity index (χ2n) is 6.97. The molecule has 1 aromatic rings. The predicted octanol–water partition coefficient (Wildman–Crippen LogP) is 2.35. The number of rotatable bonds is 7. The van der Waals surface area contributed by atoms with Crippen molar-refractivity contribution in [3.8, 4) is 0 Å². The van der Waals surface area contributed by atoms with Gasteiger partial charge >= 0.3 is 0 Å². The van der Waals surface area contributed by atoms with Crippen LogP contribution in [-0.4, -0.2) is 55.9 Å². The van der Waals surface area contributed by atoms with Gasteiger partial charge in [0.1, 0.15) is 0 Å². The number of hydrogen-bond donors (Lipinski definition) is 2. The van der Waals surface area contributed by atoms with Gasteiger partial charge < -0.3 is 20.5 Å². The molecule has 1 heterocycles. The molecule has 1 fully saturated rings. The fourth-order valence-electron chi connectivity index (χ4n) is 3.19. The molecule has 7 heteroatoms. The van der Waals surface area contributed by atoms with E-state index in [1.54, 1.807) is 7.11 Å². The summed E-state index contributed by atoms with van der Waals surface area (Å²) in [6.07, 6.45) is 0.599. The summed E-state index contributed by atoms with van der Waals surface area (Å²) >= 11 is 0. The monoisotopic (exact) mass is 476 g/mol. The topological polar surface area (TPSA) is 72.1 Å². The number of morpholine rings is 1. The Kier molecular flexibility index (Phi) is 10.4. The molecule has 0 radical (unpaired) electrons. The van der Waals surface area contributed by atoms with Crippen molar-refractivity contribution in [2.45, 2.75) is 52.1 Å². The van der Waals surface area contributed by atoms with Crippen molar-refractivity contribution in [1.82, 2.24) is 10.2 Å². The van der Waals surface area contributed by atoms with Crippen LogP contribution in [0.3, 0.4) is 0 Å². The molecule has 3 atom stereocenters. The fraction of sp³-hybridized carbons (Fsp3) is 0.632. The number of nitrogens with two attached hydrogens (primary N) is 1. The maximum absolute atomic E-state index is 5.90. The van der Waals surface area contributed by atoms with Gasteiger partial charge in [0, 0.05) is 32.8 Å². The molecule has 26 heavy (non-hydrogen) atoms. The molecular weight excluding hydrogens is 443 g/mol. The average molecular weight is 476 g/mol. The number of benzene rings is 1. The molecule has 0 aromatic heterocycles. The Hall–Kier alpha value is -0.900. The number of ether oxygens (including phenoxy) is 2. The molecule has 0 amide bonds. The summed E-state index contributed by atoms with van der Waals surface area (Å²) in [6, 6.07) is 8.74. The van der Waals surface area contributed by atoms with E-state index in [0.29, 0.717) is 31.3 Å². The minimum atomic E-state index is 0. The maximum atomic E-state index is 5.90. The van der Waals surface area contributed by atoms with Crippen LogP contribution in [0.1, 0.15) is 31.9 Å². The minimum Gasteiger partial charge on any atom is -0.383 e. The van der Waals surface area contributed by atoms with Gasteiger partial charge in [0.2, 0.25) is 0 Å². The van der Waals surface area contributed by atoms with E-state index in [9.17, 15) is 0 Å². The van der Waals surface area contributed by atoms with E-state index in [-0.39, 0.29) is 30.0 Å². The first-order chi connectivity index (χ1) is 12.0. The Morgan fingerprint density at radius 1 is 1.27 bits per heavy atom. The summed E-state index contributed by atoms with van der Waals surface area (Å²) in [5, 5.41) is 3.11. The van der Waals surface area contributed by atoms with E-state index in [1.165, 1.54) is 5.56 Å². The summed E-state index contributed by atoms with van der Waals surface area (Å²) < 4.78 is 10.9. The first kappa shape index (κ1) is 23.1. The van der Waals surface area contributed by atoms with Gasteiger partial charge in [-0.2, -0.15) is 0 Å². The van der Waals surface area contributed by atoms with Gasteiger partial charge in [0.05, 0.1) is 25.4 Å². The molecule has 0 bridgehead atoms. The van der Waals surface area contributed by atoms with Gasteiger partial charge in [-0.1, -0.05) is 24.3 Å². The van der Waals surface area contributed by atoms with Crippen molar-refractivity contribution in [2.75, 3.05) is 26.8 Å². The third-order valence-electron chi connectivity index (χ3n) is 4.17. The number of nitrogens with zero attached hydrogens (tertiary/aromatic N) is 2. The van der Waals surface area contributed by atoms with Crippen LogP contribution in [0.15, 0.2) is 29.3 Å².